The van der Waals surface area contributed by atoms with E-state index in [4.69, 9.17) is 11.6 Å². The summed E-state index contributed by atoms with van der Waals surface area (Å²) in [5.41, 5.74) is 0. The second-order valence-electron chi connectivity index (χ2n) is 2.37. The van der Waals surface area contributed by atoms with E-state index >= 15 is 0 Å². The Balaban J connectivity index is 2.42. The molecule has 1 aromatic heterocycles. The van der Waals surface area contributed by atoms with Crippen molar-refractivity contribution in [2.24, 2.45) is 0 Å². The van der Waals surface area contributed by atoms with Crippen LogP contribution in [-0.2, 0) is 0 Å². The standard InChI is InChI=1S/C7H5ClF2N2S/c8-4-3-11-12-7(4)13-5(9)1-2-6(13)10/h1-3,13H,(H,11,12). The van der Waals surface area contributed by atoms with Crippen LogP contribution in [0, 0.1) is 0 Å². The van der Waals surface area contributed by atoms with Crippen LogP contribution in [0.25, 0.3) is 0 Å². The number of hydrogen-bond donors (Lipinski definition) is 2. The average Bonchev–Trinajstić information content (AvgIpc) is 2.60. The fourth-order valence-electron chi connectivity index (χ4n) is 1.02. The lowest BCUT2D eigenvalue weighted by atomic mass is 10.6. The number of nitrogens with one attached hydrogen (secondary N) is 1. The summed E-state index contributed by atoms with van der Waals surface area (Å²) in [6.07, 6.45) is 3.61. The van der Waals surface area contributed by atoms with Crippen LogP contribution >= 0.6 is 22.5 Å². The topological polar surface area (TPSA) is 28.7 Å². The fraction of sp³-hybridized carbons (Fsp3) is 0. The average molecular weight is 223 g/mol. The van der Waals surface area contributed by atoms with Crippen molar-refractivity contribution in [3.8, 4) is 0 Å². The first kappa shape index (κ1) is 8.77. The number of aromatic nitrogens is 2. The van der Waals surface area contributed by atoms with Gasteiger partial charge in [0, 0.05) is 6.20 Å². The number of thiol groups is 1. The molecule has 1 aliphatic heterocycles. The van der Waals surface area contributed by atoms with Gasteiger partial charge >= 0.3 is 0 Å². The van der Waals surface area contributed by atoms with Gasteiger partial charge in [-0.2, -0.15) is 5.10 Å². The smallest absolute Gasteiger partial charge is 0.148 e. The molecule has 1 aliphatic rings. The third kappa shape index (κ3) is 1.38. The van der Waals surface area contributed by atoms with Crippen LogP contribution in [0.3, 0.4) is 0 Å². The third-order valence-electron chi connectivity index (χ3n) is 1.57. The highest BCUT2D eigenvalue weighted by molar-refractivity contribution is 8.23. The van der Waals surface area contributed by atoms with Gasteiger partial charge in [0.05, 0.1) is 5.02 Å². The van der Waals surface area contributed by atoms with E-state index in [0.717, 1.165) is 12.2 Å². The lowest BCUT2D eigenvalue weighted by Crippen LogP contribution is -1.83. The van der Waals surface area contributed by atoms with E-state index < -0.39 is 21.2 Å². The van der Waals surface area contributed by atoms with Gasteiger partial charge in [0.15, 0.2) is 0 Å². The second kappa shape index (κ2) is 3.16. The maximum Gasteiger partial charge on any atom is 0.148 e. The SMILES string of the molecule is FC1=CC=C(F)[SH]1c1n[nH]cc1Cl. The molecular weight excluding hydrogens is 218 g/mol. The third-order valence-corrected chi connectivity index (χ3v) is 3.91. The number of aromatic amines is 1. The van der Waals surface area contributed by atoms with Gasteiger partial charge in [-0.1, -0.05) is 11.6 Å². The molecular formula is C7H5ClF2N2S. The quantitative estimate of drug-likeness (QED) is 0.703. The molecule has 0 amide bonds. The van der Waals surface area contributed by atoms with E-state index in [1.807, 2.05) is 0 Å². The van der Waals surface area contributed by atoms with Crippen molar-refractivity contribution in [1.82, 2.24) is 10.2 Å². The summed E-state index contributed by atoms with van der Waals surface area (Å²) in [6.45, 7) is 0. The monoisotopic (exact) mass is 222 g/mol. The Morgan fingerprint density at radius 3 is 2.38 bits per heavy atom. The summed E-state index contributed by atoms with van der Waals surface area (Å²) in [7, 11) is -1.73. The Bertz CT molecular complexity index is 381. The van der Waals surface area contributed by atoms with Crippen LogP contribution in [0.15, 0.2) is 33.7 Å². The van der Waals surface area contributed by atoms with Crippen molar-refractivity contribution in [2.75, 3.05) is 0 Å². The molecule has 2 heterocycles. The zero-order valence-corrected chi connectivity index (χ0v) is 7.91. The minimum atomic E-state index is -1.73. The zero-order valence-electron chi connectivity index (χ0n) is 6.26. The molecule has 0 saturated carbocycles. The molecule has 0 fully saturated rings. The van der Waals surface area contributed by atoms with E-state index in [9.17, 15) is 8.78 Å². The van der Waals surface area contributed by atoms with Crippen molar-refractivity contribution in [3.63, 3.8) is 0 Å². The summed E-state index contributed by atoms with van der Waals surface area (Å²) in [4.78, 5) is 0. The molecule has 70 valence electrons. The first-order chi connectivity index (χ1) is 6.20. The van der Waals surface area contributed by atoms with Gasteiger partial charge in [-0.25, -0.2) is 8.78 Å². The lowest BCUT2D eigenvalue weighted by Gasteiger charge is -2.10. The van der Waals surface area contributed by atoms with Crippen molar-refractivity contribution in [1.29, 1.82) is 0 Å². The van der Waals surface area contributed by atoms with Crippen molar-refractivity contribution >= 4 is 22.5 Å². The second-order valence-corrected chi connectivity index (χ2v) is 4.73. The molecule has 1 N–H and O–H groups in total. The van der Waals surface area contributed by atoms with Crippen LogP contribution in [0.1, 0.15) is 0 Å². The molecule has 2 nitrogen and oxygen atoms in total. The summed E-state index contributed by atoms with van der Waals surface area (Å²) in [5, 5.41) is 5.66. The molecule has 0 radical (unpaired) electrons. The van der Waals surface area contributed by atoms with E-state index in [1.165, 1.54) is 6.20 Å². The first-order valence-corrected chi connectivity index (χ1v) is 5.14. The fourth-order valence-corrected chi connectivity index (χ4v) is 2.85. The van der Waals surface area contributed by atoms with Gasteiger partial charge in [0.1, 0.15) is 15.3 Å². The van der Waals surface area contributed by atoms with E-state index in [2.05, 4.69) is 10.2 Å². The summed E-state index contributed by atoms with van der Waals surface area (Å²) in [6, 6.07) is 0. The molecule has 0 saturated heterocycles. The number of allylic oxidation sites excluding steroid dienone is 2. The normalized spacial score (nSPS) is 18.8. The van der Waals surface area contributed by atoms with Crippen LogP contribution in [0.4, 0.5) is 8.78 Å². The molecule has 0 unspecified atom stereocenters. The summed E-state index contributed by atoms with van der Waals surface area (Å²) >= 11 is 5.69. The highest BCUT2D eigenvalue weighted by atomic mass is 35.5. The molecule has 2 rings (SSSR count). The predicted molar refractivity (Wildman–Crippen MR) is 49.2 cm³/mol. The molecule has 0 spiro atoms. The lowest BCUT2D eigenvalue weighted by molar-refractivity contribution is 0.686. The predicted octanol–water partition coefficient (Wildman–Crippen LogP) is 3.06. The maximum atomic E-state index is 13.1. The van der Waals surface area contributed by atoms with Crippen LogP contribution in [0.2, 0.25) is 5.02 Å². The van der Waals surface area contributed by atoms with Crippen molar-refractivity contribution in [2.45, 2.75) is 5.03 Å². The highest BCUT2D eigenvalue weighted by Crippen LogP contribution is 2.55. The Labute approximate surface area is 80.6 Å². The van der Waals surface area contributed by atoms with E-state index in [0.29, 0.717) is 0 Å². The Hall–Kier alpha value is -0.810. The zero-order chi connectivity index (χ0) is 9.42. The molecule has 0 aromatic carbocycles. The van der Waals surface area contributed by atoms with Gasteiger partial charge in [-0.05, 0) is 12.2 Å². The Morgan fingerprint density at radius 2 is 1.92 bits per heavy atom. The number of nitrogens with zero attached hydrogens (tertiary/aromatic N) is 1. The molecule has 6 heteroatoms. The number of rotatable bonds is 1. The molecule has 0 aliphatic carbocycles. The minimum Gasteiger partial charge on any atom is -0.283 e. The Kier molecular flexibility index (Phi) is 2.13. The van der Waals surface area contributed by atoms with Gasteiger partial charge < -0.3 is 0 Å². The summed E-state index contributed by atoms with van der Waals surface area (Å²) < 4.78 is 26.1. The highest BCUT2D eigenvalue weighted by Gasteiger charge is 2.25. The van der Waals surface area contributed by atoms with Crippen LogP contribution in [-0.4, -0.2) is 10.2 Å². The largest absolute Gasteiger partial charge is 0.283 e. The molecule has 0 bridgehead atoms. The molecule has 1 aromatic rings. The first-order valence-electron chi connectivity index (χ1n) is 3.42. The van der Waals surface area contributed by atoms with E-state index in [-0.39, 0.29) is 10.0 Å². The van der Waals surface area contributed by atoms with Crippen molar-refractivity contribution in [3.05, 3.63) is 33.7 Å². The van der Waals surface area contributed by atoms with Crippen molar-refractivity contribution < 1.29 is 8.78 Å². The number of H-pyrrole nitrogens is 1. The molecule has 13 heavy (non-hydrogen) atoms. The number of halogens is 3. The minimum absolute atomic E-state index is 0.247. The van der Waals surface area contributed by atoms with Gasteiger partial charge in [0.2, 0.25) is 0 Å². The summed E-state index contributed by atoms with van der Waals surface area (Å²) in [5.74, 6) is 0. The Morgan fingerprint density at radius 1 is 1.31 bits per heavy atom. The van der Waals surface area contributed by atoms with Gasteiger partial charge in [-0.3, -0.25) is 5.10 Å². The van der Waals surface area contributed by atoms with E-state index in [1.54, 1.807) is 0 Å². The van der Waals surface area contributed by atoms with Crippen LogP contribution < -0.4 is 0 Å². The molecule has 0 atom stereocenters. The van der Waals surface area contributed by atoms with Gasteiger partial charge in [0.25, 0.3) is 0 Å². The van der Waals surface area contributed by atoms with Crippen LogP contribution in [0.5, 0.6) is 0 Å². The maximum absolute atomic E-state index is 13.1. The van der Waals surface area contributed by atoms with Gasteiger partial charge in [-0.15, -0.1) is 10.9 Å². The number of hydrogen-bond acceptors (Lipinski definition) is 1.